The van der Waals surface area contributed by atoms with Crippen LogP contribution in [0.4, 0.5) is 0 Å². The summed E-state index contributed by atoms with van der Waals surface area (Å²) in [5.74, 6) is 1.87. The Labute approximate surface area is 139 Å². The Bertz CT molecular complexity index is 578. The molecule has 2 aliphatic heterocycles. The van der Waals surface area contributed by atoms with E-state index in [1.807, 2.05) is 12.1 Å². The Kier molecular flexibility index (Phi) is 4.96. The van der Waals surface area contributed by atoms with E-state index in [-0.39, 0.29) is 5.60 Å². The van der Waals surface area contributed by atoms with Gasteiger partial charge in [0.05, 0.1) is 18.3 Å². The van der Waals surface area contributed by atoms with E-state index in [4.69, 9.17) is 14.2 Å². The molecule has 0 saturated carbocycles. The van der Waals surface area contributed by atoms with Crippen molar-refractivity contribution in [2.75, 3.05) is 13.2 Å². The molecule has 0 bridgehead atoms. The third-order valence-corrected chi connectivity index (χ3v) is 5.21. The van der Waals surface area contributed by atoms with Gasteiger partial charge in [-0.1, -0.05) is 25.5 Å². The molecule has 2 heterocycles. The van der Waals surface area contributed by atoms with E-state index in [9.17, 15) is 0 Å². The van der Waals surface area contributed by atoms with Crippen LogP contribution in [-0.2, 0) is 11.2 Å². The van der Waals surface area contributed by atoms with Crippen molar-refractivity contribution in [1.82, 2.24) is 0 Å². The van der Waals surface area contributed by atoms with Gasteiger partial charge in [-0.05, 0) is 50.3 Å². The van der Waals surface area contributed by atoms with Crippen molar-refractivity contribution in [3.05, 3.63) is 35.4 Å². The van der Waals surface area contributed by atoms with Crippen molar-refractivity contribution < 1.29 is 14.2 Å². The zero-order valence-electron chi connectivity index (χ0n) is 14.6. The third kappa shape index (κ3) is 3.89. The van der Waals surface area contributed by atoms with Gasteiger partial charge >= 0.3 is 0 Å². The van der Waals surface area contributed by atoms with E-state index in [0.29, 0.717) is 12.7 Å². The van der Waals surface area contributed by atoms with Crippen molar-refractivity contribution in [2.45, 2.75) is 64.6 Å². The fourth-order valence-electron chi connectivity index (χ4n) is 3.20. The molecule has 23 heavy (non-hydrogen) atoms. The minimum Gasteiger partial charge on any atom is -0.493 e. The molecule has 0 aliphatic carbocycles. The van der Waals surface area contributed by atoms with Gasteiger partial charge in [0.25, 0.3) is 0 Å². The van der Waals surface area contributed by atoms with Gasteiger partial charge in [-0.3, -0.25) is 0 Å². The predicted molar refractivity (Wildman–Crippen MR) is 92.3 cm³/mol. The van der Waals surface area contributed by atoms with Crippen molar-refractivity contribution in [1.29, 1.82) is 0 Å². The lowest BCUT2D eigenvalue weighted by Gasteiger charge is -2.08. The maximum absolute atomic E-state index is 5.86. The van der Waals surface area contributed by atoms with Crippen LogP contribution >= 0.6 is 0 Å². The lowest BCUT2D eigenvalue weighted by molar-refractivity contribution is 0.300. The molecular weight excluding hydrogens is 288 g/mol. The van der Waals surface area contributed by atoms with Crippen molar-refractivity contribution in [3.63, 3.8) is 0 Å². The molecule has 0 aromatic heterocycles. The average molecular weight is 316 g/mol. The molecule has 1 saturated heterocycles. The van der Waals surface area contributed by atoms with Crippen LogP contribution in [-0.4, -0.2) is 24.9 Å². The molecule has 0 N–H and O–H groups in total. The van der Waals surface area contributed by atoms with Crippen LogP contribution in [0.3, 0.4) is 0 Å². The van der Waals surface area contributed by atoms with Crippen LogP contribution in [0, 0.1) is 0 Å². The Balaban J connectivity index is 1.46. The molecule has 3 nitrogen and oxygen atoms in total. The van der Waals surface area contributed by atoms with E-state index in [1.165, 1.54) is 11.1 Å². The molecule has 126 valence electrons. The van der Waals surface area contributed by atoms with Gasteiger partial charge in [-0.15, -0.1) is 0 Å². The highest BCUT2D eigenvalue weighted by Crippen LogP contribution is 2.42. The summed E-state index contributed by atoms with van der Waals surface area (Å²) in [4.78, 5) is 0. The number of rotatable bonds is 8. The molecule has 2 unspecified atom stereocenters. The van der Waals surface area contributed by atoms with Gasteiger partial charge in [0.1, 0.15) is 18.1 Å². The number of epoxide rings is 1. The Hall–Kier alpha value is -1.48. The number of allylic oxidation sites excluding steroid dienone is 1. The van der Waals surface area contributed by atoms with E-state index in [2.05, 4.69) is 32.9 Å². The van der Waals surface area contributed by atoms with E-state index in [0.717, 1.165) is 50.2 Å². The normalized spacial score (nSPS) is 25.9. The highest BCUT2D eigenvalue weighted by molar-refractivity contribution is 5.42. The fraction of sp³-hybridized carbons (Fsp3) is 0.600. The molecule has 2 atom stereocenters. The fourth-order valence-corrected chi connectivity index (χ4v) is 3.20. The van der Waals surface area contributed by atoms with Crippen molar-refractivity contribution in [3.8, 4) is 11.5 Å². The van der Waals surface area contributed by atoms with Crippen LogP contribution in [0.1, 0.15) is 52.0 Å². The van der Waals surface area contributed by atoms with Crippen LogP contribution in [0.5, 0.6) is 11.5 Å². The van der Waals surface area contributed by atoms with Crippen LogP contribution in [0.25, 0.3) is 0 Å². The summed E-state index contributed by atoms with van der Waals surface area (Å²) in [5, 5.41) is 0. The number of fused-ring (bicyclic) bond motifs is 1. The summed E-state index contributed by atoms with van der Waals surface area (Å²) in [6.45, 7) is 8.04. The second kappa shape index (κ2) is 6.96. The van der Waals surface area contributed by atoms with Gasteiger partial charge in [-0.2, -0.15) is 0 Å². The summed E-state index contributed by atoms with van der Waals surface area (Å²) in [6.07, 6.45) is 8.08. The van der Waals surface area contributed by atoms with Gasteiger partial charge in [-0.25, -0.2) is 0 Å². The third-order valence-electron chi connectivity index (χ3n) is 5.21. The largest absolute Gasteiger partial charge is 0.493 e. The summed E-state index contributed by atoms with van der Waals surface area (Å²) in [6, 6.07) is 6.16. The topological polar surface area (TPSA) is 31.0 Å². The number of benzene rings is 1. The minimum absolute atomic E-state index is 0.139. The zero-order valence-corrected chi connectivity index (χ0v) is 14.6. The standard InChI is InChI=1S/C20H28O3/c1-4-15(6-9-19-20(3,5-2)23-19)10-12-21-17-8-7-16-11-13-22-18(16)14-17/h7-8,10,14,19H,4-6,9,11-13H2,1-3H3/b15-10+. The van der Waals surface area contributed by atoms with Crippen LogP contribution in [0.2, 0.25) is 0 Å². The molecule has 1 fully saturated rings. The van der Waals surface area contributed by atoms with Crippen molar-refractivity contribution >= 4 is 0 Å². The maximum Gasteiger partial charge on any atom is 0.126 e. The second-order valence-electron chi connectivity index (χ2n) is 6.71. The molecule has 1 aromatic rings. The van der Waals surface area contributed by atoms with Gasteiger partial charge in [0, 0.05) is 12.5 Å². The minimum atomic E-state index is 0.139. The molecule has 3 rings (SSSR count). The SMILES string of the molecule is CC/C(=C\COc1ccc2c(c1)OCC2)CCC1OC1(C)CC. The van der Waals surface area contributed by atoms with Gasteiger partial charge < -0.3 is 14.2 Å². The van der Waals surface area contributed by atoms with E-state index < -0.39 is 0 Å². The number of hydrogen-bond donors (Lipinski definition) is 0. The summed E-state index contributed by atoms with van der Waals surface area (Å²) < 4.78 is 17.2. The second-order valence-corrected chi connectivity index (χ2v) is 6.71. The first-order valence-electron chi connectivity index (χ1n) is 8.89. The summed E-state index contributed by atoms with van der Waals surface area (Å²) in [5.41, 5.74) is 2.88. The Morgan fingerprint density at radius 1 is 1.39 bits per heavy atom. The predicted octanol–water partition coefficient (Wildman–Crippen LogP) is 4.68. The number of ether oxygens (including phenoxy) is 3. The molecule has 0 spiro atoms. The maximum atomic E-state index is 5.86. The Morgan fingerprint density at radius 3 is 3.00 bits per heavy atom. The first-order valence-corrected chi connectivity index (χ1v) is 8.89. The van der Waals surface area contributed by atoms with Crippen LogP contribution < -0.4 is 9.47 Å². The molecule has 3 heteroatoms. The van der Waals surface area contributed by atoms with Crippen LogP contribution in [0.15, 0.2) is 29.8 Å². The Morgan fingerprint density at radius 2 is 2.26 bits per heavy atom. The lowest BCUT2D eigenvalue weighted by atomic mass is 9.98. The smallest absolute Gasteiger partial charge is 0.126 e. The molecule has 0 radical (unpaired) electrons. The average Bonchev–Trinajstić information content (AvgIpc) is 3.01. The van der Waals surface area contributed by atoms with Gasteiger partial charge in [0.2, 0.25) is 0 Å². The first kappa shape index (κ1) is 16.4. The van der Waals surface area contributed by atoms with Gasteiger partial charge in [0.15, 0.2) is 0 Å². The molecular formula is C20H28O3. The molecule has 0 amide bonds. The highest BCUT2D eigenvalue weighted by Gasteiger charge is 2.49. The summed E-state index contributed by atoms with van der Waals surface area (Å²) in [7, 11) is 0. The highest BCUT2D eigenvalue weighted by atomic mass is 16.6. The monoisotopic (exact) mass is 316 g/mol. The quantitative estimate of drug-likeness (QED) is 0.515. The van der Waals surface area contributed by atoms with Crippen molar-refractivity contribution in [2.24, 2.45) is 0 Å². The molecule has 1 aromatic carbocycles. The molecule has 2 aliphatic rings. The lowest BCUT2D eigenvalue weighted by Crippen LogP contribution is -2.07. The summed E-state index contributed by atoms with van der Waals surface area (Å²) >= 11 is 0. The van der Waals surface area contributed by atoms with E-state index >= 15 is 0 Å². The van der Waals surface area contributed by atoms with E-state index in [1.54, 1.807) is 0 Å². The first-order chi connectivity index (χ1) is 11.1. The zero-order chi connectivity index (χ0) is 16.3. The number of hydrogen-bond acceptors (Lipinski definition) is 3.